The van der Waals surface area contributed by atoms with Gasteiger partial charge in [0.2, 0.25) is 0 Å². The Morgan fingerprint density at radius 1 is 1.02 bits per heavy atom. The summed E-state index contributed by atoms with van der Waals surface area (Å²) in [6, 6.07) is 15.5. The van der Waals surface area contributed by atoms with Crippen LogP contribution in [0.25, 0.3) is 0 Å². The molecule has 3 N–H and O–H groups in total. The molecule has 2 amide bonds. The van der Waals surface area contributed by atoms with E-state index >= 15 is 0 Å². The molecular weight excluding hydrogens is 666 g/mol. The number of ether oxygens (including phenoxy) is 2. The summed E-state index contributed by atoms with van der Waals surface area (Å²) in [5.74, 6) is -2.25. The quantitative estimate of drug-likeness (QED) is 0.161. The number of amides is 2. The Morgan fingerprint density at radius 3 is 2.52 bits per heavy atom. The molecule has 0 radical (unpaired) electrons. The van der Waals surface area contributed by atoms with Gasteiger partial charge in [0.1, 0.15) is 5.75 Å². The number of urea groups is 1. The van der Waals surface area contributed by atoms with Crippen molar-refractivity contribution in [2.45, 2.75) is 95.4 Å². The predicted molar refractivity (Wildman–Crippen MR) is 196 cm³/mol. The molecule has 1 heterocycles. The Morgan fingerprint density at radius 2 is 1.81 bits per heavy atom. The van der Waals surface area contributed by atoms with E-state index in [0.29, 0.717) is 80.7 Å². The number of allylic oxidation sites excluding steroid dienone is 2. The minimum atomic E-state index is -1.36. The lowest BCUT2D eigenvalue weighted by Gasteiger charge is -2.46. The summed E-state index contributed by atoms with van der Waals surface area (Å²) in [7, 11) is 1.58. The molecule has 278 valence electrons. The van der Waals surface area contributed by atoms with Gasteiger partial charge in [-0.3, -0.25) is 4.79 Å². The number of hydrogen-bond donors (Lipinski definition) is 3. The number of benzene rings is 3. The van der Waals surface area contributed by atoms with Gasteiger partial charge < -0.3 is 29.9 Å². The van der Waals surface area contributed by atoms with E-state index in [1.165, 1.54) is 6.07 Å². The number of nitrogens with zero attached hydrogens (tertiary/aromatic N) is 1. The van der Waals surface area contributed by atoms with E-state index in [4.69, 9.17) is 9.47 Å². The number of methoxy groups -OCH3 is 1. The zero-order chi connectivity index (χ0) is 37.0. The molecule has 52 heavy (non-hydrogen) atoms. The standard InChI is InChI=1S/C42H50F2N2O6/c1-27-6-4-19-41(2)36(34-16-9-28(22-31(47)13-8-27)23-35(34)39(48)29-10-17-37(43)38(44)24-29)18-20-42(41,50)26-46(25-33-7-5-21-52-33)40(49)45-30-11-14-32(51-3)15-12-30/h6,9-12,14-17,23-24,31,33,36,47,50H,4-5,7-8,13,18-22,25-26H2,1-3H3,(H,45,49). The summed E-state index contributed by atoms with van der Waals surface area (Å²) in [5, 5.41) is 26.8. The number of anilines is 1. The predicted octanol–water partition coefficient (Wildman–Crippen LogP) is 7.96. The van der Waals surface area contributed by atoms with Gasteiger partial charge in [-0.15, -0.1) is 0 Å². The van der Waals surface area contributed by atoms with Crippen LogP contribution in [-0.4, -0.2) is 71.5 Å². The fourth-order valence-corrected chi connectivity index (χ4v) is 8.44. The van der Waals surface area contributed by atoms with Gasteiger partial charge in [-0.05, 0) is 130 Å². The van der Waals surface area contributed by atoms with Crippen molar-refractivity contribution in [2.75, 3.05) is 32.1 Å². The van der Waals surface area contributed by atoms with Gasteiger partial charge in [0, 0.05) is 35.4 Å². The molecule has 0 spiro atoms. The third kappa shape index (κ3) is 8.09. The first-order valence-corrected chi connectivity index (χ1v) is 18.4. The molecule has 3 aromatic carbocycles. The smallest absolute Gasteiger partial charge is 0.322 e. The lowest BCUT2D eigenvalue weighted by Crippen LogP contribution is -2.55. The molecule has 1 saturated carbocycles. The Hall–Kier alpha value is -4.12. The first-order chi connectivity index (χ1) is 24.9. The SMILES string of the molecule is COc1ccc(NC(=O)N(CC2CCCO2)CC2(O)CCC3c4ccc(cc4C(=O)c4ccc(F)c(F)c4)CC(O)CCC(C)=CCCC32C)cc1. The Balaban J connectivity index is 1.39. The number of fused-ring (bicyclic) bond motifs is 8. The molecule has 0 aromatic heterocycles. The number of halogens is 2. The summed E-state index contributed by atoms with van der Waals surface area (Å²) in [6.45, 7) is 5.08. The van der Waals surface area contributed by atoms with Gasteiger partial charge in [-0.2, -0.15) is 0 Å². The number of carbonyl (C=O) groups is 2. The van der Waals surface area contributed by atoms with Crippen LogP contribution in [0.2, 0.25) is 0 Å². The number of aliphatic hydroxyl groups excluding tert-OH is 1. The number of aliphatic hydroxyl groups is 2. The summed E-state index contributed by atoms with van der Waals surface area (Å²) < 4.78 is 39.6. The van der Waals surface area contributed by atoms with Crippen molar-refractivity contribution in [1.29, 1.82) is 0 Å². The third-order valence-corrected chi connectivity index (χ3v) is 11.6. The van der Waals surface area contributed by atoms with Crippen LogP contribution in [0.5, 0.6) is 5.75 Å². The fourth-order valence-electron chi connectivity index (χ4n) is 8.44. The highest BCUT2D eigenvalue weighted by molar-refractivity contribution is 6.10. The highest BCUT2D eigenvalue weighted by atomic mass is 19.2. The molecule has 1 aliphatic heterocycles. The summed E-state index contributed by atoms with van der Waals surface area (Å²) in [4.78, 5) is 29.9. The van der Waals surface area contributed by atoms with Crippen molar-refractivity contribution in [2.24, 2.45) is 5.41 Å². The number of hydrogen-bond acceptors (Lipinski definition) is 6. The molecule has 1 saturated heterocycles. The molecule has 4 aliphatic rings. The molecule has 3 aliphatic carbocycles. The molecule has 5 atom stereocenters. The first-order valence-electron chi connectivity index (χ1n) is 18.4. The molecule has 2 fully saturated rings. The van der Waals surface area contributed by atoms with Crippen LogP contribution in [0.3, 0.4) is 0 Å². The van der Waals surface area contributed by atoms with Gasteiger partial charge in [0.15, 0.2) is 17.4 Å². The van der Waals surface area contributed by atoms with Crippen LogP contribution in [0.1, 0.15) is 98.2 Å². The lowest BCUT2D eigenvalue weighted by molar-refractivity contribution is -0.0799. The summed E-state index contributed by atoms with van der Waals surface area (Å²) in [5.41, 5.74) is 1.40. The average Bonchev–Trinajstić information content (AvgIpc) is 3.73. The number of ketones is 1. The van der Waals surface area contributed by atoms with Gasteiger partial charge in [-0.1, -0.05) is 30.7 Å². The fraction of sp³-hybridized carbons (Fsp3) is 0.476. The van der Waals surface area contributed by atoms with E-state index in [1.807, 2.05) is 12.1 Å². The van der Waals surface area contributed by atoms with Crippen molar-refractivity contribution in [3.8, 4) is 5.75 Å². The second-order valence-corrected chi connectivity index (χ2v) is 15.1. The zero-order valence-corrected chi connectivity index (χ0v) is 30.3. The van der Waals surface area contributed by atoms with E-state index in [0.717, 1.165) is 36.1 Å². The van der Waals surface area contributed by atoms with Gasteiger partial charge in [0.25, 0.3) is 0 Å². The van der Waals surface area contributed by atoms with Gasteiger partial charge >= 0.3 is 6.03 Å². The van der Waals surface area contributed by atoms with Crippen LogP contribution < -0.4 is 10.1 Å². The minimum Gasteiger partial charge on any atom is -0.497 e. The molecule has 2 bridgehead atoms. The molecule has 10 heteroatoms. The van der Waals surface area contributed by atoms with E-state index in [-0.39, 0.29) is 30.2 Å². The van der Waals surface area contributed by atoms with E-state index < -0.39 is 34.5 Å². The van der Waals surface area contributed by atoms with E-state index in [2.05, 4.69) is 25.2 Å². The second-order valence-electron chi connectivity index (χ2n) is 15.1. The second kappa shape index (κ2) is 15.9. The highest BCUT2D eigenvalue weighted by Gasteiger charge is 2.58. The molecular formula is C42H50F2N2O6. The molecule has 3 aromatic rings. The normalized spacial score (nSPS) is 26.3. The van der Waals surface area contributed by atoms with Crippen LogP contribution in [0.15, 0.2) is 72.3 Å². The topological polar surface area (TPSA) is 108 Å². The molecule has 7 rings (SSSR count). The van der Waals surface area contributed by atoms with E-state index in [9.17, 15) is 28.6 Å². The summed E-state index contributed by atoms with van der Waals surface area (Å²) >= 11 is 0. The minimum absolute atomic E-state index is 0.0189. The Labute approximate surface area is 304 Å². The highest BCUT2D eigenvalue weighted by Crippen LogP contribution is 2.59. The van der Waals surface area contributed by atoms with Crippen molar-refractivity contribution >= 4 is 17.5 Å². The largest absolute Gasteiger partial charge is 0.497 e. The third-order valence-electron chi connectivity index (χ3n) is 11.6. The van der Waals surface area contributed by atoms with Crippen LogP contribution in [0, 0.1) is 17.0 Å². The van der Waals surface area contributed by atoms with Gasteiger partial charge in [0.05, 0.1) is 31.5 Å². The van der Waals surface area contributed by atoms with Crippen LogP contribution >= 0.6 is 0 Å². The van der Waals surface area contributed by atoms with Crippen molar-refractivity contribution in [3.05, 3.63) is 106 Å². The molecule has 5 unspecified atom stereocenters. The Bertz CT molecular complexity index is 1790. The van der Waals surface area contributed by atoms with E-state index in [1.54, 1.807) is 42.3 Å². The van der Waals surface area contributed by atoms with Crippen molar-refractivity contribution in [1.82, 2.24) is 4.90 Å². The maximum absolute atomic E-state index is 14.4. The average molecular weight is 717 g/mol. The van der Waals surface area contributed by atoms with Crippen LogP contribution in [-0.2, 0) is 11.2 Å². The maximum atomic E-state index is 14.4. The maximum Gasteiger partial charge on any atom is 0.322 e. The lowest BCUT2D eigenvalue weighted by atomic mass is 9.64. The number of carbonyl (C=O) groups excluding carboxylic acids is 2. The number of nitrogens with one attached hydrogen (secondary N) is 1. The number of rotatable bonds is 8. The zero-order valence-electron chi connectivity index (χ0n) is 30.3. The Kier molecular flexibility index (Phi) is 11.5. The van der Waals surface area contributed by atoms with Gasteiger partial charge in [-0.25, -0.2) is 13.6 Å². The summed E-state index contributed by atoms with van der Waals surface area (Å²) in [6.07, 6.45) is 6.77. The van der Waals surface area contributed by atoms with Crippen LogP contribution in [0.4, 0.5) is 19.3 Å². The van der Waals surface area contributed by atoms with Crippen molar-refractivity contribution in [3.63, 3.8) is 0 Å². The molecule has 8 nitrogen and oxygen atoms in total. The monoisotopic (exact) mass is 716 g/mol. The first kappa shape index (κ1) is 37.6. The van der Waals surface area contributed by atoms with Crippen molar-refractivity contribution < 1.29 is 38.1 Å².